The highest BCUT2D eigenvalue weighted by molar-refractivity contribution is 7.99. The van der Waals surface area contributed by atoms with Gasteiger partial charge in [-0.15, -0.1) is 23.1 Å². The molecule has 0 aliphatic carbocycles. The lowest BCUT2D eigenvalue weighted by atomic mass is 10.1. The van der Waals surface area contributed by atoms with Crippen molar-refractivity contribution < 1.29 is 9.47 Å². The van der Waals surface area contributed by atoms with Crippen LogP contribution in [0.25, 0.3) is 21.3 Å². The zero-order valence-electron chi connectivity index (χ0n) is 15.7. The summed E-state index contributed by atoms with van der Waals surface area (Å²) in [5, 5.41) is 2.64. The van der Waals surface area contributed by atoms with Gasteiger partial charge in [-0.3, -0.25) is 4.79 Å². The standard InChI is InChI=1S/C22H18N2O3S2/c1-13(29-15-7-8-17-18(11-15)27-10-9-26-17)20-23-21(25)19-16(12-28-22(19)24-20)14-5-3-2-4-6-14/h2-8,11-13H,9-10H2,1H3,(H,23,24,25)/t13-/m0/s1. The Hall–Kier alpha value is -2.77. The number of hydrogen-bond donors (Lipinski definition) is 1. The molecule has 0 radical (unpaired) electrons. The molecule has 29 heavy (non-hydrogen) atoms. The van der Waals surface area contributed by atoms with Crippen molar-refractivity contribution in [1.82, 2.24) is 9.97 Å². The van der Waals surface area contributed by atoms with Gasteiger partial charge >= 0.3 is 0 Å². The molecule has 1 N–H and O–H groups in total. The molecular weight excluding hydrogens is 404 g/mol. The molecule has 4 aromatic rings. The monoisotopic (exact) mass is 422 g/mol. The van der Waals surface area contributed by atoms with Gasteiger partial charge < -0.3 is 14.5 Å². The van der Waals surface area contributed by atoms with Crippen LogP contribution in [0.4, 0.5) is 0 Å². The van der Waals surface area contributed by atoms with Gasteiger partial charge in [0.05, 0.1) is 10.6 Å². The molecule has 0 bridgehead atoms. The number of rotatable bonds is 4. The van der Waals surface area contributed by atoms with Crippen LogP contribution in [-0.4, -0.2) is 23.2 Å². The second kappa shape index (κ2) is 7.57. The fraction of sp³-hybridized carbons (Fsp3) is 0.182. The smallest absolute Gasteiger partial charge is 0.260 e. The van der Waals surface area contributed by atoms with Gasteiger partial charge in [-0.25, -0.2) is 4.98 Å². The number of ether oxygens (including phenoxy) is 2. The second-order valence-electron chi connectivity index (χ2n) is 6.71. The maximum atomic E-state index is 12.9. The highest BCUT2D eigenvalue weighted by Crippen LogP contribution is 2.39. The van der Waals surface area contributed by atoms with E-state index in [4.69, 9.17) is 14.5 Å². The summed E-state index contributed by atoms with van der Waals surface area (Å²) in [5.74, 6) is 2.20. The lowest BCUT2D eigenvalue weighted by molar-refractivity contribution is 0.171. The van der Waals surface area contributed by atoms with Crippen LogP contribution in [0.3, 0.4) is 0 Å². The highest BCUT2D eigenvalue weighted by atomic mass is 32.2. The Morgan fingerprint density at radius 3 is 2.72 bits per heavy atom. The minimum atomic E-state index is -0.0975. The van der Waals surface area contributed by atoms with Crippen molar-refractivity contribution in [3.63, 3.8) is 0 Å². The van der Waals surface area contributed by atoms with Gasteiger partial charge in [0.25, 0.3) is 5.56 Å². The van der Waals surface area contributed by atoms with Crippen molar-refractivity contribution in [2.24, 2.45) is 0 Å². The molecule has 1 aliphatic heterocycles. The average molecular weight is 423 g/mol. The van der Waals surface area contributed by atoms with Gasteiger partial charge in [-0.1, -0.05) is 30.3 Å². The molecule has 7 heteroatoms. The molecule has 5 rings (SSSR count). The van der Waals surface area contributed by atoms with E-state index < -0.39 is 0 Å². The minimum Gasteiger partial charge on any atom is -0.486 e. The number of hydrogen-bond acceptors (Lipinski definition) is 6. The number of benzene rings is 2. The first-order valence-corrected chi connectivity index (χ1v) is 11.1. The lowest BCUT2D eigenvalue weighted by Crippen LogP contribution is -2.15. The van der Waals surface area contributed by atoms with E-state index in [1.807, 2.05) is 60.8 Å². The molecule has 146 valence electrons. The van der Waals surface area contributed by atoms with E-state index in [9.17, 15) is 4.79 Å². The third-order valence-corrected chi connectivity index (χ3v) is 6.73. The molecule has 3 heterocycles. The number of aromatic amines is 1. The van der Waals surface area contributed by atoms with Gasteiger partial charge in [0.1, 0.15) is 23.9 Å². The summed E-state index contributed by atoms with van der Waals surface area (Å²) in [4.78, 5) is 22.4. The number of nitrogens with zero attached hydrogens (tertiary/aromatic N) is 1. The molecule has 0 amide bonds. The van der Waals surface area contributed by atoms with Crippen molar-refractivity contribution in [2.75, 3.05) is 13.2 Å². The van der Waals surface area contributed by atoms with E-state index in [1.165, 1.54) is 11.3 Å². The number of fused-ring (bicyclic) bond motifs is 2. The molecule has 0 unspecified atom stereocenters. The van der Waals surface area contributed by atoms with E-state index in [2.05, 4.69) is 4.98 Å². The van der Waals surface area contributed by atoms with Crippen LogP contribution >= 0.6 is 23.1 Å². The molecule has 5 nitrogen and oxygen atoms in total. The summed E-state index contributed by atoms with van der Waals surface area (Å²) in [6, 6.07) is 15.8. The van der Waals surface area contributed by atoms with Crippen molar-refractivity contribution >= 4 is 33.3 Å². The molecule has 0 fully saturated rings. The average Bonchev–Trinajstić information content (AvgIpc) is 3.19. The first-order valence-electron chi connectivity index (χ1n) is 9.32. The predicted molar refractivity (Wildman–Crippen MR) is 117 cm³/mol. The van der Waals surface area contributed by atoms with E-state index in [0.717, 1.165) is 32.4 Å². The van der Waals surface area contributed by atoms with Crippen molar-refractivity contribution in [3.05, 3.63) is 70.1 Å². The molecule has 0 saturated heterocycles. The predicted octanol–water partition coefficient (Wildman–Crippen LogP) is 5.28. The molecule has 1 aliphatic rings. The van der Waals surface area contributed by atoms with Crippen LogP contribution in [0.15, 0.2) is 63.6 Å². The molecule has 1 atom stereocenters. The first-order chi connectivity index (χ1) is 14.2. The summed E-state index contributed by atoms with van der Waals surface area (Å²) < 4.78 is 11.2. The first kappa shape index (κ1) is 18.3. The zero-order chi connectivity index (χ0) is 19.8. The SMILES string of the molecule is C[C@H](Sc1ccc2c(c1)OCCO2)c1nc2scc(-c3ccccc3)c2c(=O)[nH]1. The maximum Gasteiger partial charge on any atom is 0.260 e. The molecule has 0 spiro atoms. The Balaban J connectivity index is 1.45. The second-order valence-corrected chi connectivity index (χ2v) is 8.98. The van der Waals surface area contributed by atoms with E-state index in [1.54, 1.807) is 11.8 Å². The van der Waals surface area contributed by atoms with Crippen LogP contribution in [0, 0.1) is 0 Å². The van der Waals surface area contributed by atoms with Gasteiger partial charge in [0.15, 0.2) is 11.5 Å². The Bertz CT molecular complexity index is 1230. The lowest BCUT2D eigenvalue weighted by Gasteiger charge is -2.19. The van der Waals surface area contributed by atoms with Crippen molar-refractivity contribution in [3.8, 4) is 22.6 Å². The summed E-state index contributed by atoms with van der Waals surface area (Å²) in [5.41, 5.74) is 1.86. The Labute approximate surface area is 175 Å². The maximum absolute atomic E-state index is 12.9. The van der Waals surface area contributed by atoms with Crippen molar-refractivity contribution in [1.29, 1.82) is 0 Å². The Morgan fingerprint density at radius 1 is 1.10 bits per heavy atom. The van der Waals surface area contributed by atoms with Crippen molar-refractivity contribution in [2.45, 2.75) is 17.1 Å². The normalized spacial score (nSPS) is 14.1. The van der Waals surface area contributed by atoms with E-state index in [0.29, 0.717) is 24.4 Å². The number of aromatic nitrogens is 2. The molecular formula is C22H18N2O3S2. The number of thioether (sulfide) groups is 1. The summed E-state index contributed by atoms with van der Waals surface area (Å²) >= 11 is 3.13. The Kier molecular flexibility index (Phi) is 4.77. The summed E-state index contributed by atoms with van der Waals surface area (Å²) in [6.45, 7) is 3.18. The van der Waals surface area contributed by atoms with E-state index >= 15 is 0 Å². The number of thiophene rings is 1. The Morgan fingerprint density at radius 2 is 1.90 bits per heavy atom. The minimum absolute atomic E-state index is 0.0167. The number of H-pyrrole nitrogens is 1. The fourth-order valence-corrected chi connectivity index (χ4v) is 5.25. The molecule has 2 aromatic carbocycles. The molecule has 2 aromatic heterocycles. The quantitative estimate of drug-likeness (QED) is 0.454. The van der Waals surface area contributed by atoms with Gasteiger partial charge in [0, 0.05) is 15.8 Å². The van der Waals surface area contributed by atoms with Crippen LogP contribution in [0.5, 0.6) is 11.5 Å². The third kappa shape index (κ3) is 3.52. The summed E-state index contributed by atoms with van der Waals surface area (Å²) in [7, 11) is 0. The van der Waals surface area contributed by atoms with Gasteiger partial charge in [-0.05, 0) is 30.7 Å². The van der Waals surface area contributed by atoms with Gasteiger partial charge in [-0.2, -0.15) is 0 Å². The summed E-state index contributed by atoms with van der Waals surface area (Å²) in [6.07, 6.45) is 0. The van der Waals surface area contributed by atoms with Crippen LogP contribution in [-0.2, 0) is 0 Å². The third-order valence-electron chi connectivity index (χ3n) is 4.76. The van der Waals surface area contributed by atoms with Crippen LogP contribution < -0.4 is 15.0 Å². The number of nitrogens with one attached hydrogen (secondary N) is 1. The zero-order valence-corrected chi connectivity index (χ0v) is 17.3. The van der Waals surface area contributed by atoms with Gasteiger partial charge in [0.2, 0.25) is 0 Å². The topological polar surface area (TPSA) is 64.2 Å². The van der Waals surface area contributed by atoms with Crippen LogP contribution in [0.1, 0.15) is 18.0 Å². The highest BCUT2D eigenvalue weighted by Gasteiger charge is 2.18. The fourth-order valence-electron chi connectivity index (χ4n) is 3.35. The van der Waals surface area contributed by atoms with Crippen LogP contribution in [0.2, 0.25) is 0 Å². The van der Waals surface area contributed by atoms with E-state index in [-0.39, 0.29) is 10.8 Å². The molecule has 0 saturated carbocycles. The largest absolute Gasteiger partial charge is 0.486 e.